The van der Waals surface area contributed by atoms with Crippen LogP contribution in [0.2, 0.25) is 0 Å². The average molecular weight is 345 g/mol. The minimum absolute atomic E-state index is 0.0513. The second-order valence-electron chi connectivity index (χ2n) is 5.39. The van der Waals surface area contributed by atoms with E-state index in [0.717, 1.165) is 5.69 Å². The lowest BCUT2D eigenvalue weighted by atomic mass is 10.1. The predicted octanol–water partition coefficient (Wildman–Crippen LogP) is 1.88. The Labute approximate surface area is 146 Å². The van der Waals surface area contributed by atoms with Crippen LogP contribution in [0.3, 0.4) is 0 Å². The second kappa shape index (κ2) is 9.85. The van der Waals surface area contributed by atoms with Crippen LogP contribution in [0.5, 0.6) is 0 Å². The molecule has 134 valence electrons. The first-order valence-electron chi connectivity index (χ1n) is 8.04. The van der Waals surface area contributed by atoms with Gasteiger partial charge in [0, 0.05) is 29.9 Å². The third kappa shape index (κ3) is 5.07. The molecule has 0 bridgehead atoms. The molecule has 0 heterocycles. The molecule has 0 saturated carbocycles. The summed E-state index contributed by atoms with van der Waals surface area (Å²) in [6.45, 7) is 0.303. The summed E-state index contributed by atoms with van der Waals surface area (Å²) in [7, 11) is 0. The fourth-order valence-electron chi connectivity index (χ4n) is 2.52. The van der Waals surface area contributed by atoms with E-state index >= 15 is 0 Å². The molecule has 0 radical (unpaired) electrons. The maximum atomic E-state index is 9.64. The number of anilines is 1. The molecule has 0 spiro atoms. The predicted molar refractivity (Wildman–Crippen MR) is 95.3 cm³/mol. The van der Waals surface area contributed by atoms with Crippen LogP contribution in [-0.4, -0.2) is 46.7 Å². The Morgan fingerprint density at radius 1 is 0.760 bits per heavy atom. The van der Waals surface area contributed by atoms with Crippen molar-refractivity contribution in [1.29, 1.82) is 0 Å². The number of hydrogen-bond donors (Lipinski definition) is 4. The number of aliphatic hydroxyl groups excluding tert-OH is 4. The van der Waals surface area contributed by atoms with Gasteiger partial charge in [-0.2, -0.15) is 10.2 Å². The van der Waals surface area contributed by atoms with Crippen LogP contribution < -0.4 is 4.90 Å². The summed E-state index contributed by atoms with van der Waals surface area (Å²) >= 11 is 0. The molecular formula is C18H23N3O4. The summed E-state index contributed by atoms with van der Waals surface area (Å²) in [5, 5.41) is 45.6. The molecular weight excluding hydrogens is 322 g/mol. The van der Waals surface area contributed by atoms with Crippen LogP contribution in [0.15, 0.2) is 52.7 Å². The van der Waals surface area contributed by atoms with E-state index in [1.807, 2.05) is 12.1 Å². The second-order valence-corrected chi connectivity index (χ2v) is 5.39. The van der Waals surface area contributed by atoms with Gasteiger partial charge in [-0.25, -0.2) is 0 Å². The van der Waals surface area contributed by atoms with Crippen molar-refractivity contribution < 1.29 is 20.4 Å². The van der Waals surface area contributed by atoms with E-state index in [9.17, 15) is 10.2 Å². The van der Waals surface area contributed by atoms with E-state index in [0.29, 0.717) is 35.6 Å². The third-order valence-electron chi connectivity index (χ3n) is 3.75. The quantitative estimate of drug-likeness (QED) is 0.519. The summed E-state index contributed by atoms with van der Waals surface area (Å²) in [6, 6.07) is 12.4. The maximum Gasteiger partial charge on any atom is 0.0912 e. The molecule has 2 aromatic rings. The van der Waals surface area contributed by atoms with Gasteiger partial charge < -0.3 is 25.3 Å². The molecule has 2 rings (SSSR count). The van der Waals surface area contributed by atoms with E-state index < -0.39 is 0 Å². The molecule has 0 aromatic heterocycles. The largest absolute Gasteiger partial charge is 0.395 e. The van der Waals surface area contributed by atoms with Gasteiger partial charge in [-0.3, -0.25) is 0 Å². The zero-order valence-electron chi connectivity index (χ0n) is 13.9. The van der Waals surface area contributed by atoms with Gasteiger partial charge in [-0.1, -0.05) is 18.2 Å². The Bertz CT molecular complexity index is 700. The number of azo groups is 1. The topological polar surface area (TPSA) is 109 Å². The minimum Gasteiger partial charge on any atom is -0.395 e. The standard InChI is InChI=1S/C18H23N3O4/c22-9-7-21(8-10-23)18-6-5-16(11-15(18)13-25)19-20-17-4-2-1-3-14(17)12-24/h1-6,11,22-25H,7-10,12-13H2. The summed E-state index contributed by atoms with van der Waals surface area (Å²) in [5.74, 6) is 0. The van der Waals surface area contributed by atoms with Gasteiger partial charge in [-0.15, -0.1) is 0 Å². The molecule has 7 nitrogen and oxygen atoms in total. The maximum absolute atomic E-state index is 9.64. The van der Waals surface area contributed by atoms with Gasteiger partial charge >= 0.3 is 0 Å². The number of hydrogen-bond acceptors (Lipinski definition) is 7. The first kappa shape index (κ1) is 19.0. The van der Waals surface area contributed by atoms with Crippen LogP contribution in [0, 0.1) is 0 Å². The molecule has 0 aliphatic heterocycles. The van der Waals surface area contributed by atoms with Crippen molar-refractivity contribution in [3.05, 3.63) is 53.6 Å². The minimum atomic E-state index is -0.195. The first-order chi connectivity index (χ1) is 12.2. The van der Waals surface area contributed by atoms with Crippen molar-refractivity contribution in [1.82, 2.24) is 0 Å². The molecule has 25 heavy (non-hydrogen) atoms. The fourth-order valence-corrected chi connectivity index (χ4v) is 2.52. The lowest BCUT2D eigenvalue weighted by Gasteiger charge is -2.25. The number of nitrogens with zero attached hydrogens (tertiary/aromatic N) is 3. The SMILES string of the molecule is OCCN(CCO)c1ccc(N=Nc2ccccc2CO)cc1CO. The molecule has 0 amide bonds. The Kier molecular flexibility index (Phi) is 7.49. The highest BCUT2D eigenvalue weighted by Gasteiger charge is 2.11. The van der Waals surface area contributed by atoms with Crippen molar-refractivity contribution in [2.45, 2.75) is 13.2 Å². The highest BCUT2D eigenvalue weighted by atomic mass is 16.3. The van der Waals surface area contributed by atoms with E-state index in [1.54, 1.807) is 35.2 Å². The first-order valence-corrected chi connectivity index (χ1v) is 8.04. The van der Waals surface area contributed by atoms with Crippen molar-refractivity contribution in [2.75, 3.05) is 31.2 Å². The van der Waals surface area contributed by atoms with E-state index in [-0.39, 0.29) is 26.4 Å². The van der Waals surface area contributed by atoms with Crippen molar-refractivity contribution >= 4 is 17.1 Å². The van der Waals surface area contributed by atoms with E-state index in [4.69, 9.17) is 10.2 Å². The monoisotopic (exact) mass is 345 g/mol. The van der Waals surface area contributed by atoms with Crippen LogP contribution in [0.1, 0.15) is 11.1 Å². The Morgan fingerprint density at radius 2 is 1.44 bits per heavy atom. The molecule has 4 N–H and O–H groups in total. The summed E-state index contributed by atoms with van der Waals surface area (Å²) in [4.78, 5) is 1.80. The van der Waals surface area contributed by atoms with Gasteiger partial charge in [0.15, 0.2) is 0 Å². The molecule has 0 atom stereocenters. The Morgan fingerprint density at radius 3 is 2.08 bits per heavy atom. The molecule has 0 aliphatic rings. The van der Waals surface area contributed by atoms with Crippen molar-refractivity contribution in [2.24, 2.45) is 10.2 Å². The van der Waals surface area contributed by atoms with E-state index in [1.165, 1.54) is 0 Å². The highest BCUT2D eigenvalue weighted by molar-refractivity contribution is 5.59. The van der Waals surface area contributed by atoms with Crippen LogP contribution in [0.25, 0.3) is 0 Å². The molecule has 0 saturated heterocycles. The van der Waals surface area contributed by atoms with Crippen molar-refractivity contribution in [3.63, 3.8) is 0 Å². The number of aliphatic hydroxyl groups is 4. The number of rotatable bonds is 9. The Hall–Kier alpha value is -2.32. The normalized spacial score (nSPS) is 11.2. The summed E-state index contributed by atoms with van der Waals surface area (Å²) in [6.07, 6.45) is 0. The fraction of sp³-hybridized carbons (Fsp3) is 0.333. The smallest absolute Gasteiger partial charge is 0.0912 e. The highest BCUT2D eigenvalue weighted by Crippen LogP contribution is 2.28. The lowest BCUT2D eigenvalue weighted by Crippen LogP contribution is -2.30. The van der Waals surface area contributed by atoms with Crippen molar-refractivity contribution in [3.8, 4) is 0 Å². The van der Waals surface area contributed by atoms with Gasteiger partial charge in [0.05, 0.1) is 37.8 Å². The molecule has 0 unspecified atom stereocenters. The molecule has 0 fully saturated rings. The van der Waals surface area contributed by atoms with Gasteiger partial charge in [-0.05, 0) is 24.3 Å². The molecule has 0 aliphatic carbocycles. The Balaban J connectivity index is 2.27. The van der Waals surface area contributed by atoms with Crippen LogP contribution >= 0.6 is 0 Å². The average Bonchev–Trinajstić information content (AvgIpc) is 2.66. The van der Waals surface area contributed by atoms with E-state index in [2.05, 4.69) is 10.2 Å². The zero-order valence-corrected chi connectivity index (χ0v) is 13.9. The number of benzene rings is 2. The van der Waals surface area contributed by atoms with Crippen LogP contribution in [-0.2, 0) is 13.2 Å². The summed E-state index contributed by atoms with van der Waals surface area (Å²) in [5.41, 5.74) is 3.20. The summed E-state index contributed by atoms with van der Waals surface area (Å²) < 4.78 is 0. The lowest BCUT2D eigenvalue weighted by molar-refractivity contribution is 0.274. The molecule has 7 heteroatoms. The third-order valence-corrected chi connectivity index (χ3v) is 3.75. The van der Waals surface area contributed by atoms with Crippen LogP contribution in [0.4, 0.5) is 17.1 Å². The van der Waals surface area contributed by atoms with Gasteiger partial charge in [0.1, 0.15) is 0 Å². The molecule has 2 aromatic carbocycles. The van der Waals surface area contributed by atoms with Gasteiger partial charge in [0.25, 0.3) is 0 Å². The zero-order chi connectivity index (χ0) is 18.1. The van der Waals surface area contributed by atoms with Gasteiger partial charge in [0.2, 0.25) is 0 Å².